The fourth-order valence-corrected chi connectivity index (χ4v) is 10.6. The number of hydrogen-bond donors (Lipinski definition) is 2. The molecule has 0 aromatic heterocycles. The van der Waals surface area contributed by atoms with Gasteiger partial charge in [-0.2, -0.15) is 0 Å². The Balaban J connectivity index is 1.41. The molecule has 1 amide bonds. The van der Waals surface area contributed by atoms with Crippen LogP contribution in [-0.4, -0.2) is 65.0 Å². The molecule has 9 nitrogen and oxygen atoms in total. The Labute approximate surface area is 365 Å². The molecule has 0 bridgehead atoms. The van der Waals surface area contributed by atoms with E-state index in [-0.39, 0.29) is 74.7 Å². The molecule has 0 unspecified atom stereocenters. The third-order valence-electron chi connectivity index (χ3n) is 13.5. The Hall–Kier alpha value is -4.58. The summed E-state index contributed by atoms with van der Waals surface area (Å²) in [6.45, 7) is 6.84. The highest BCUT2D eigenvalue weighted by atomic mass is 19.1. The summed E-state index contributed by atoms with van der Waals surface area (Å²) in [7, 11) is 0. The van der Waals surface area contributed by atoms with Crippen molar-refractivity contribution in [2.24, 2.45) is 28.8 Å². The fourth-order valence-electron chi connectivity index (χ4n) is 10.6. The van der Waals surface area contributed by atoms with E-state index in [1.54, 1.807) is 36.4 Å². The number of fused-ring (bicyclic) bond motifs is 2. The molecular weight excluding hydrogens is 791 g/mol. The van der Waals surface area contributed by atoms with Gasteiger partial charge in [-0.1, -0.05) is 86.2 Å². The molecule has 0 saturated heterocycles. The van der Waals surface area contributed by atoms with Crippen LogP contribution in [0.3, 0.4) is 0 Å². The third kappa shape index (κ3) is 10.3. The zero-order valence-electron chi connectivity index (χ0n) is 36.2. The number of hydrogen-bond acceptors (Lipinski definition) is 8. The molecule has 3 aliphatic carbocycles. The number of allylic oxidation sites excluding steroid dienone is 1. The Morgan fingerprint density at radius 3 is 2.47 bits per heavy atom. The molecule has 3 aromatic carbocycles. The number of unbranched alkanes of at least 4 members (excludes halogenated alkanes) is 2. The lowest BCUT2D eigenvalue weighted by Gasteiger charge is -2.60. The highest BCUT2D eigenvalue weighted by Gasteiger charge is 2.65. The summed E-state index contributed by atoms with van der Waals surface area (Å²) >= 11 is 0. The van der Waals surface area contributed by atoms with Gasteiger partial charge in [-0.15, -0.1) is 6.58 Å². The predicted molar refractivity (Wildman–Crippen MR) is 235 cm³/mol. The van der Waals surface area contributed by atoms with Crippen molar-refractivity contribution < 1.29 is 42.8 Å². The number of carbonyl (C=O) groups is 1. The number of amides is 1. The molecule has 0 spiro atoms. The van der Waals surface area contributed by atoms with E-state index in [2.05, 4.69) is 12.7 Å². The van der Waals surface area contributed by atoms with Gasteiger partial charge in [-0.3, -0.25) is 4.79 Å². The van der Waals surface area contributed by atoms with Crippen LogP contribution in [0.25, 0.3) is 0 Å². The van der Waals surface area contributed by atoms with E-state index in [0.29, 0.717) is 48.8 Å². The van der Waals surface area contributed by atoms with Gasteiger partial charge in [0.15, 0.2) is 0 Å². The highest BCUT2D eigenvalue weighted by molar-refractivity contribution is 6.03. The van der Waals surface area contributed by atoms with Gasteiger partial charge in [0, 0.05) is 49.6 Å². The van der Waals surface area contributed by atoms with E-state index >= 15 is 4.79 Å². The lowest BCUT2D eigenvalue weighted by Crippen LogP contribution is -2.70. The average Bonchev–Trinajstić information content (AvgIpc) is 3.81. The summed E-state index contributed by atoms with van der Waals surface area (Å²) in [6.07, 6.45) is 14.5. The van der Waals surface area contributed by atoms with Crippen LogP contribution in [0.1, 0.15) is 113 Å². The first-order chi connectivity index (χ1) is 30.3. The first-order valence-electron chi connectivity index (χ1n) is 22.9. The minimum absolute atomic E-state index is 0.0286. The molecule has 2 N–H and O–H groups in total. The zero-order valence-corrected chi connectivity index (χ0v) is 36.2. The number of halogens is 2. The van der Waals surface area contributed by atoms with Crippen LogP contribution in [0.4, 0.5) is 8.78 Å². The number of aliphatic hydroxyl groups excluding tert-OH is 2. The molecule has 7 rings (SSSR count). The summed E-state index contributed by atoms with van der Waals surface area (Å²) in [6, 6.07) is 17.9. The number of aliphatic hydroxyl groups is 2. The van der Waals surface area contributed by atoms with Crippen LogP contribution in [0, 0.1) is 35.3 Å². The molecule has 6 atom stereocenters. The average molecular weight is 855 g/mol. The van der Waals surface area contributed by atoms with Crippen molar-refractivity contribution >= 4 is 11.6 Å². The van der Waals surface area contributed by atoms with Crippen LogP contribution >= 0.6 is 0 Å². The van der Waals surface area contributed by atoms with E-state index in [0.717, 1.165) is 67.4 Å². The molecule has 2 fully saturated rings. The predicted octanol–water partition coefficient (Wildman–Crippen LogP) is 10.2. The molecule has 0 radical (unpaired) electrons. The highest BCUT2D eigenvalue weighted by Crippen LogP contribution is 2.62. The van der Waals surface area contributed by atoms with Gasteiger partial charge in [0.05, 0.1) is 18.2 Å². The van der Waals surface area contributed by atoms with Gasteiger partial charge in [-0.05, 0) is 104 Å². The van der Waals surface area contributed by atoms with Crippen LogP contribution in [0.2, 0.25) is 0 Å². The number of nitrogens with zero attached hydrogens (tertiary/aromatic N) is 2. The third-order valence-corrected chi connectivity index (χ3v) is 13.5. The Bertz CT molecular complexity index is 2020. The van der Waals surface area contributed by atoms with Crippen molar-refractivity contribution in [1.82, 2.24) is 4.90 Å². The van der Waals surface area contributed by atoms with Crippen molar-refractivity contribution in [1.29, 1.82) is 0 Å². The van der Waals surface area contributed by atoms with Crippen LogP contribution < -0.4 is 9.47 Å². The molecule has 62 heavy (non-hydrogen) atoms. The minimum Gasteiger partial charge on any atom is -0.489 e. The van der Waals surface area contributed by atoms with Crippen molar-refractivity contribution in [2.75, 3.05) is 26.4 Å². The molecule has 11 heteroatoms. The lowest BCUT2D eigenvalue weighted by molar-refractivity contribution is -0.258. The maximum absolute atomic E-state index is 15.0. The SMILES string of the molecule is C=CCO[C@@]12Oc3ccc(OCc4ccccc4F)cc3[C@H]3[C@H](CCCCO)[C@@H](CCCCO)C=C(C(=NOCC)C[C@@H]1N(Cc1ccc(F)cc1)C(=O)CCC1CCCC1)[C@H]32. The number of oxime groups is 1. The second-order valence-corrected chi connectivity index (χ2v) is 17.4. The van der Waals surface area contributed by atoms with Crippen molar-refractivity contribution in [3.05, 3.63) is 119 Å². The van der Waals surface area contributed by atoms with E-state index < -0.39 is 17.7 Å². The maximum Gasteiger partial charge on any atom is 0.239 e. The Morgan fingerprint density at radius 2 is 1.74 bits per heavy atom. The van der Waals surface area contributed by atoms with Gasteiger partial charge in [0.2, 0.25) is 11.7 Å². The van der Waals surface area contributed by atoms with Crippen molar-refractivity contribution in [3.63, 3.8) is 0 Å². The van der Waals surface area contributed by atoms with Gasteiger partial charge < -0.3 is 34.2 Å². The summed E-state index contributed by atoms with van der Waals surface area (Å²) in [5.74, 6) is -1.13. The maximum atomic E-state index is 15.0. The molecule has 3 aromatic rings. The standard InChI is InChI=1S/C51H64F2N2O7/c1-3-29-60-51-47(55(33-36-19-22-39(52)23-20-36)48(58)26-21-35-13-5-6-14-35)32-45(54-61-4-2)42-30-37(15-9-11-27-56)41(17-10-12-28-57)49(50(42)51)43-31-40(24-25-46(43)62-51)59-34-38-16-7-8-18-44(38)53/h3,7-8,16,18-20,22-25,30-31,35,37,41,47,49-50,56-57H,1,4-6,9-15,17,21,26-29,32-34H2,2H3/t37-,41+,47-,49+,50+,51+/m0/s1. The number of benzene rings is 3. The Morgan fingerprint density at radius 1 is 0.984 bits per heavy atom. The summed E-state index contributed by atoms with van der Waals surface area (Å²) in [4.78, 5) is 22.8. The van der Waals surface area contributed by atoms with Gasteiger partial charge in [0.25, 0.3) is 0 Å². The van der Waals surface area contributed by atoms with E-state index in [9.17, 15) is 19.0 Å². The second kappa shape index (κ2) is 21.7. The van der Waals surface area contributed by atoms with E-state index in [1.165, 1.54) is 31.0 Å². The van der Waals surface area contributed by atoms with Gasteiger partial charge >= 0.3 is 0 Å². The number of rotatable bonds is 22. The lowest BCUT2D eigenvalue weighted by atomic mass is 9.55. The quantitative estimate of drug-likeness (QED) is 0.0588. The monoisotopic (exact) mass is 854 g/mol. The number of carbonyl (C=O) groups excluding carboxylic acids is 1. The largest absolute Gasteiger partial charge is 0.489 e. The smallest absolute Gasteiger partial charge is 0.239 e. The van der Waals surface area contributed by atoms with Crippen LogP contribution in [0.5, 0.6) is 11.5 Å². The Kier molecular flexibility index (Phi) is 15.9. The fraction of sp³-hybridized carbons (Fsp3) is 0.529. The molecular formula is C51H64F2N2O7. The van der Waals surface area contributed by atoms with Gasteiger partial charge in [0.1, 0.15) is 42.4 Å². The molecule has 1 aliphatic heterocycles. The van der Waals surface area contributed by atoms with E-state index in [4.69, 9.17) is 24.2 Å². The molecule has 334 valence electrons. The normalized spacial score (nSPS) is 24.8. The topological polar surface area (TPSA) is 110 Å². The molecule has 1 heterocycles. The van der Waals surface area contributed by atoms with Gasteiger partial charge in [-0.25, -0.2) is 8.78 Å². The summed E-state index contributed by atoms with van der Waals surface area (Å²) < 4.78 is 49.9. The van der Waals surface area contributed by atoms with E-state index in [1.807, 2.05) is 30.0 Å². The second-order valence-electron chi connectivity index (χ2n) is 17.4. The first-order valence-corrected chi connectivity index (χ1v) is 22.9. The number of ether oxygens (including phenoxy) is 3. The van der Waals surface area contributed by atoms with Crippen LogP contribution in [-0.2, 0) is 27.5 Å². The minimum atomic E-state index is -1.42. The summed E-state index contributed by atoms with van der Waals surface area (Å²) in [5.41, 5.74) is 3.80. The summed E-state index contributed by atoms with van der Waals surface area (Å²) in [5, 5.41) is 24.7. The first kappa shape index (κ1) is 45.4. The van der Waals surface area contributed by atoms with Crippen LogP contribution in [0.15, 0.2) is 96.2 Å². The van der Waals surface area contributed by atoms with Crippen molar-refractivity contribution in [2.45, 2.75) is 121 Å². The zero-order chi connectivity index (χ0) is 43.5. The molecule has 2 saturated carbocycles. The molecule has 4 aliphatic rings. The van der Waals surface area contributed by atoms with Crippen molar-refractivity contribution in [3.8, 4) is 11.5 Å².